The molecule has 0 amide bonds. The Labute approximate surface area is 165 Å². The number of carbonyl (C=O) groups excluding carboxylic acids is 1. The van der Waals surface area contributed by atoms with E-state index in [-0.39, 0.29) is 11.9 Å². The number of nitrogens with zero attached hydrogens (tertiary/aromatic N) is 1. The molecule has 0 bridgehead atoms. The van der Waals surface area contributed by atoms with Crippen molar-refractivity contribution in [2.75, 3.05) is 18.6 Å². The van der Waals surface area contributed by atoms with Crippen LogP contribution in [0, 0.1) is 0 Å². The Hall–Kier alpha value is -3.27. The maximum absolute atomic E-state index is 12.8. The van der Waals surface area contributed by atoms with E-state index in [4.69, 9.17) is 9.47 Å². The number of hydrogen-bond acceptors (Lipinski definition) is 4. The highest BCUT2D eigenvalue weighted by molar-refractivity contribution is 5.96. The van der Waals surface area contributed by atoms with Crippen molar-refractivity contribution in [3.05, 3.63) is 90.0 Å². The molecule has 0 saturated heterocycles. The molecule has 0 radical (unpaired) electrons. The first-order valence-electron chi connectivity index (χ1n) is 9.45. The van der Waals surface area contributed by atoms with Gasteiger partial charge in [0, 0.05) is 18.5 Å². The van der Waals surface area contributed by atoms with Gasteiger partial charge in [-0.25, -0.2) is 0 Å². The van der Waals surface area contributed by atoms with E-state index in [1.165, 1.54) is 5.56 Å². The van der Waals surface area contributed by atoms with Crippen molar-refractivity contribution in [1.29, 1.82) is 0 Å². The summed E-state index contributed by atoms with van der Waals surface area (Å²) < 4.78 is 11.3. The molecular weight excluding hydrogens is 350 g/mol. The molecule has 0 aromatic heterocycles. The minimum Gasteiger partial charge on any atom is -0.497 e. The number of ketones is 1. The van der Waals surface area contributed by atoms with Gasteiger partial charge in [0.15, 0.2) is 5.78 Å². The number of carbonyl (C=O) groups is 1. The molecule has 4 heteroatoms. The van der Waals surface area contributed by atoms with Crippen LogP contribution in [0.15, 0.2) is 78.9 Å². The number of hydrogen-bond donors (Lipinski definition) is 0. The average Bonchev–Trinajstić information content (AvgIpc) is 2.74. The SMILES string of the molecule is COc1ccc(C(=O)C[C@H]2CN(Cc3ccccc3)c3ccccc3O2)cc1. The number of benzene rings is 3. The number of para-hydroxylation sites is 2. The Kier molecular flexibility index (Phi) is 5.29. The Balaban J connectivity index is 1.51. The van der Waals surface area contributed by atoms with Gasteiger partial charge >= 0.3 is 0 Å². The number of methoxy groups -OCH3 is 1. The Morgan fingerprint density at radius 1 is 1.00 bits per heavy atom. The van der Waals surface area contributed by atoms with E-state index in [2.05, 4.69) is 23.1 Å². The van der Waals surface area contributed by atoms with E-state index in [0.717, 1.165) is 23.7 Å². The van der Waals surface area contributed by atoms with Gasteiger partial charge < -0.3 is 14.4 Å². The molecule has 3 aromatic rings. The van der Waals surface area contributed by atoms with Crippen molar-refractivity contribution < 1.29 is 14.3 Å². The zero-order valence-electron chi connectivity index (χ0n) is 15.9. The summed E-state index contributed by atoms with van der Waals surface area (Å²) in [7, 11) is 1.62. The van der Waals surface area contributed by atoms with E-state index in [1.54, 1.807) is 19.2 Å². The van der Waals surface area contributed by atoms with Crippen molar-refractivity contribution >= 4 is 11.5 Å². The number of fused-ring (bicyclic) bond motifs is 1. The molecule has 1 aliphatic rings. The van der Waals surface area contributed by atoms with E-state index in [1.807, 2.05) is 48.5 Å². The van der Waals surface area contributed by atoms with Crippen molar-refractivity contribution in [1.82, 2.24) is 0 Å². The van der Waals surface area contributed by atoms with E-state index in [9.17, 15) is 4.79 Å². The largest absolute Gasteiger partial charge is 0.497 e. The third-order valence-corrected chi connectivity index (χ3v) is 4.96. The lowest BCUT2D eigenvalue weighted by Gasteiger charge is -2.36. The van der Waals surface area contributed by atoms with Crippen LogP contribution in [-0.2, 0) is 6.54 Å². The highest BCUT2D eigenvalue weighted by Gasteiger charge is 2.27. The summed E-state index contributed by atoms with van der Waals surface area (Å²) in [4.78, 5) is 15.0. The van der Waals surface area contributed by atoms with E-state index >= 15 is 0 Å². The van der Waals surface area contributed by atoms with Gasteiger partial charge in [0.2, 0.25) is 0 Å². The monoisotopic (exact) mass is 373 g/mol. The first kappa shape index (κ1) is 18.1. The zero-order valence-corrected chi connectivity index (χ0v) is 15.9. The first-order chi connectivity index (χ1) is 13.7. The number of ether oxygens (including phenoxy) is 2. The summed E-state index contributed by atoms with van der Waals surface area (Å²) in [5, 5.41) is 0. The molecule has 28 heavy (non-hydrogen) atoms. The molecule has 142 valence electrons. The van der Waals surface area contributed by atoms with Crippen molar-refractivity contribution in [2.24, 2.45) is 0 Å². The minimum atomic E-state index is -0.187. The molecule has 1 atom stereocenters. The first-order valence-corrected chi connectivity index (χ1v) is 9.45. The summed E-state index contributed by atoms with van der Waals surface area (Å²) in [5.41, 5.74) is 2.98. The molecule has 4 nitrogen and oxygen atoms in total. The fourth-order valence-corrected chi connectivity index (χ4v) is 3.54. The summed E-state index contributed by atoms with van der Waals surface area (Å²) in [6.45, 7) is 1.46. The van der Waals surface area contributed by atoms with Gasteiger partial charge in [-0.1, -0.05) is 42.5 Å². The topological polar surface area (TPSA) is 38.8 Å². The molecule has 0 spiro atoms. The van der Waals surface area contributed by atoms with Gasteiger partial charge in [-0.2, -0.15) is 0 Å². The number of anilines is 1. The van der Waals surface area contributed by atoms with Gasteiger partial charge in [-0.15, -0.1) is 0 Å². The predicted molar refractivity (Wildman–Crippen MR) is 110 cm³/mol. The predicted octanol–water partition coefficient (Wildman–Crippen LogP) is 4.74. The molecule has 0 N–H and O–H groups in total. The van der Waals surface area contributed by atoms with Crippen LogP contribution in [0.25, 0.3) is 0 Å². The molecule has 3 aromatic carbocycles. The summed E-state index contributed by atoms with van der Waals surface area (Å²) in [5.74, 6) is 1.65. The van der Waals surface area contributed by atoms with Crippen molar-refractivity contribution in [3.63, 3.8) is 0 Å². The smallest absolute Gasteiger partial charge is 0.166 e. The highest BCUT2D eigenvalue weighted by Crippen LogP contribution is 2.35. The van der Waals surface area contributed by atoms with E-state index < -0.39 is 0 Å². The molecule has 0 saturated carbocycles. The van der Waals surface area contributed by atoms with Gasteiger partial charge in [0.25, 0.3) is 0 Å². The van der Waals surface area contributed by atoms with Crippen LogP contribution in [0.2, 0.25) is 0 Å². The van der Waals surface area contributed by atoms with Gasteiger partial charge in [0.05, 0.1) is 19.3 Å². The Morgan fingerprint density at radius 2 is 1.71 bits per heavy atom. The van der Waals surface area contributed by atoms with Crippen LogP contribution in [0.5, 0.6) is 11.5 Å². The highest BCUT2D eigenvalue weighted by atomic mass is 16.5. The van der Waals surface area contributed by atoms with Gasteiger partial charge in [0.1, 0.15) is 17.6 Å². The lowest BCUT2D eigenvalue weighted by Crippen LogP contribution is -2.40. The molecule has 1 heterocycles. The van der Waals surface area contributed by atoms with Crippen molar-refractivity contribution in [3.8, 4) is 11.5 Å². The molecule has 0 unspecified atom stereocenters. The second-order valence-corrected chi connectivity index (χ2v) is 6.93. The molecule has 0 aliphatic carbocycles. The van der Waals surface area contributed by atoms with Gasteiger partial charge in [-0.05, 0) is 42.0 Å². The Morgan fingerprint density at radius 3 is 2.46 bits per heavy atom. The fourth-order valence-electron chi connectivity index (χ4n) is 3.54. The average molecular weight is 373 g/mol. The van der Waals surface area contributed by atoms with Crippen LogP contribution < -0.4 is 14.4 Å². The minimum absolute atomic E-state index is 0.0756. The maximum Gasteiger partial charge on any atom is 0.166 e. The zero-order chi connectivity index (χ0) is 19.3. The van der Waals surface area contributed by atoms with Crippen molar-refractivity contribution in [2.45, 2.75) is 19.1 Å². The standard InChI is InChI=1S/C24H23NO3/c1-27-20-13-11-19(12-14-20)23(26)15-21-17-25(16-18-7-3-2-4-8-18)22-9-5-6-10-24(22)28-21/h2-14,21H,15-17H2,1H3/t21-/m0/s1. The lowest BCUT2D eigenvalue weighted by atomic mass is 10.0. The normalized spacial score (nSPS) is 15.5. The molecule has 0 fully saturated rings. The van der Waals surface area contributed by atoms with Gasteiger partial charge in [-0.3, -0.25) is 4.79 Å². The maximum atomic E-state index is 12.8. The summed E-state index contributed by atoms with van der Waals surface area (Å²) >= 11 is 0. The number of rotatable bonds is 6. The lowest BCUT2D eigenvalue weighted by molar-refractivity contribution is 0.0903. The van der Waals surface area contributed by atoms with Crippen LogP contribution >= 0.6 is 0 Å². The van der Waals surface area contributed by atoms with E-state index in [0.29, 0.717) is 18.5 Å². The fraction of sp³-hybridized carbons (Fsp3) is 0.208. The number of Topliss-reactive ketones (excluding diaryl/α,β-unsaturated/α-hetero) is 1. The third kappa shape index (κ3) is 4.01. The second-order valence-electron chi connectivity index (χ2n) is 6.93. The second kappa shape index (κ2) is 8.17. The summed E-state index contributed by atoms with van der Waals surface area (Å²) in [6, 6.07) is 25.6. The molecular formula is C24H23NO3. The quantitative estimate of drug-likeness (QED) is 0.585. The summed E-state index contributed by atoms with van der Waals surface area (Å²) in [6.07, 6.45) is 0.152. The van der Waals surface area contributed by atoms with Crippen LogP contribution in [0.4, 0.5) is 5.69 Å². The van der Waals surface area contributed by atoms with Crippen LogP contribution in [0.1, 0.15) is 22.3 Å². The Bertz CT molecular complexity index is 938. The van der Waals surface area contributed by atoms with Crippen LogP contribution in [-0.4, -0.2) is 25.5 Å². The molecule has 4 rings (SSSR count). The van der Waals surface area contributed by atoms with Crippen LogP contribution in [0.3, 0.4) is 0 Å². The molecule has 1 aliphatic heterocycles. The third-order valence-electron chi connectivity index (χ3n) is 4.96.